The molecule has 0 radical (unpaired) electrons. The Bertz CT molecular complexity index is 659. The highest BCUT2D eigenvalue weighted by Gasteiger charge is 2.37. The molecule has 1 unspecified atom stereocenters. The zero-order valence-corrected chi connectivity index (χ0v) is 17.5. The fraction of sp³-hybridized carbons (Fsp3) is 0.455. The second-order valence-electron chi connectivity index (χ2n) is 8.10. The van der Waals surface area contributed by atoms with E-state index in [4.69, 9.17) is 9.16 Å². The molecule has 0 aromatic heterocycles. The van der Waals surface area contributed by atoms with Crippen LogP contribution in [0.4, 0.5) is 0 Å². The fourth-order valence-corrected chi connectivity index (χ4v) is 3.85. The van der Waals surface area contributed by atoms with Crippen molar-refractivity contribution in [2.24, 2.45) is 0 Å². The number of hydrogen-bond donors (Lipinski definition) is 0. The number of ether oxygens (including phenoxy) is 1. The summed E-state index contributed by atoms with van der Waals surface area (Å²) in [6.45, 7) is 12.3. The highest BCUT2D eigenvalue weighted by Crippen LogP contribution is 2.38. The maximum Gasteiger partial charge on any atom is 0.191 e. The molecule has 3 heteroatoms. The average molecular weight is 357 g/mol. The highest BCUT2D eigenvalue weighted by atomic mass is 28.4. The SMILES string of the molecule is COc1ccccc1C(CCO[Si](C)(C)C(C)(C)C)c1ccccc1. The Morgan fingerprint density at radius 2 is 1.52 bits per heavy atom. The quantitative estimate of drug-likeness (QED) is 0.547. The number of benzene rings is 2. The average Bonchev–Trinajstić information content (AvgIpc) is 2.58. The first-order valence-electron chi connectivity index (χ1n) is 9.08. The van der Waals surface area contributed by atoms with Crippen LogP contribution >= 0.6 is 0 Å². The highest BCUT2D eigenvalue weighted by molar-refractivity contribution is 6.74. The third-order valence-corrected chi connectivity index (χ3v) is 9.93. The molecule has 2 nitrogen and oxygen atoms in total. The lowest BCUT2D eigenvalue weighted by atomic mass is 9.88. The van der Waals surface area contributed by atoms with Gasteiger partial charge in [0.1, 0.15) is 5.75 Å². The van der Waals surface area contributed by atoms with Crippen LogP contribution in [0.5, 0.6) is 5.75 Å². The van der Waals surface area contributed by atoms with Gasteiger partial charge < -0.3 is 9.16 Å². The third kappa shape index (κ3) is 4.96. The van der Waals surface area contributed by atoms with Crippen molar-refractivity contribution in [2.75, 3.05) is 13.7 Å². The summed E-state index contributed by atoms with van der Waals surface area (Å²) in [6.07, 6.45) is 0.955. The summed E-state index contributed by atoms with van der Waals surface area (Å²) in [5.41, 5.74) is 2.54. The summed E-state index contributed by atoms with van der Waals surface area (Å²) in [5, 5.41) is 0.236. The molecule has 0 amide bonds. The van der Waals surface area contributed by atoms with Gasteiger partial charge in [-0.05, 0) is 36.2 Å². The van der Waals surface area contributed by atoms with Crippen LogP contribution in [-0.4, -0.2) is 22.0 Å². The van der Waals surface area contributed by atoms with E-state index in [1.165, 1.54) is 11.1 Å². The van der Waals surface area contributed by atoms with Gasteiger partial charge >= 0.3 is 0 Å². The summed E-state index contributed by atoms with van der Waals surface area (Å²) in [7, 11) is 0.0163. The van der Waals surface area contributed by atoms with Gasteiger partial charge in [0.25, 0.3) is 0 Å². The largest absolute Gasteiger partial charge is 0.496 e. The van der Waals surface area contributed by atoms with Crippen LogP contribution in [0.15, 0.2) is 54.6 Å². The van der Waals surface area contributed by atoms with E-state index < -0.39 is 8.32 Å². The minimum Gasteiger partial charge on any atom is -0.496 e. The molecule has 25 heavy (non-hydrogen) atoms. The molecule has 0 fully saturated rings. The Labute approximate surface area is 154 Å². The van der Waals surface area contributed by atoms with Crippen molar-refractivity contribution in [2.45, 2.75) is 51.2 Å². The molecule has 136 valence electrons. The summed E-state index contributed by atoms with van der Waals surface area (Å²) in [4.78, 5) is 0. The molecule has 0 spiro atoms. The molecule has 0 bridgehead atoms. The van der Waals surface area contributed by atoms with Gasteiger partial charge in [-0.2, -0.15) is 0 Å². The van der Waals surface area contributed by atoms with E-state index in [0.29, 0.717) is 0 Å². The normalized spacial score (nSPS) is 13.5. The van der Waals surface area contributed by atoms with E-state index in [1.54, 1.807) is 7.11 Å². The van der Waals surface area contributed by atoms with Gasteiger partial charge in [-0.1, -0.05) is 69.3 Å². The number of hydrogen-bond acceptors (Lipinski definition) is 2. The van der Waals surface area contributed by atoms with Crippen molar-refractivity contribution in [1.29, 1.82) is 0 Å². The predicted molar refractivity (Wildman–Crippen MR) is 109 cm³/mol. The van der Waals surface area contributed by atoms with Gasteiger partial charge in [0.05, 0.1) is 7.11 Å². The number of methoxy groups -OCH3 is 1. The van der Waals surface area contributed by atoms with Crippen LogP contribution in [-0.2, 0) is 4.43 Å². The maximum atomic E-state index is 6.44. The predicted octanol–water partition coefficient (Wildman–Crippen LogP) is 6.24. The standard InChI is InChI=1S/C22H32O2Si/c1-22(2,3)25(5,6)24-17-16-19(18-12-8-7-9-13-18)20-14-10-11-15-21(20)23-4/h7-15,19H,16-17H2,1-6H3. The molecular weight excluding hydrogens is 324 g/mol. The Balaban J connectivity index is 2.22. The molecule has 2 aromatic carbocycles. The topological polar surface area (TPSA) is 18.5 Å². The van der Waals surface area contributed by atoms with E-state index in [9.17, 15) is 0 Å². The molecule has 2 aromatic rings. The Hall–Kier alpha value is -1.58. The lowest BCUT2D eigenvalue weighted by Crippen LogP contribution is -2.41. The molecule has 0 aliphatic carbocycles. The molecule has 0 aliphatic rings. The van der Waals surface area contributed by atoms with Crippen LogP contribution in [0.1, 0.15) is 44.2 Å². The van der Waals surface area contributed by atoms with Gasteiger partial charge in [0.15, 0.2) is 8.32 Å². The number of rotatable bonds is 7. The summed E-state index contributed by atoms with van der Waals surface area (Å²) < 4.78 is 12.1. The molecule has 0 aliphatic heterocycles. The second kappa shape index (κ2) is 8.20. The minimum atomic E-state index is -1.73. The Kier molecular flexibility index (Phi) is 6.47. The molecule has 0 saturated carbocycles. The van der Waals surface area contributed by atoms with Crippen molar-refractivity contribution in [3.63, 3.8) is 0 Å². The van der Waals surface area contributed by atoms with Crippen molar-refractivity contribution in [3.8, 4) is 5.75 Å². The molecular formula is C22H32O2Si. The Morgan fingerprint density at radius 3 is 2.12 bits per heavy atom. The molecule has 0 heterocycles. The summed E-state index contributed by atoms with van der Waals surface area (Å²) >= 11 is 0. The first-order chi connectivity index (χ1) is 11.8. The van der Waals surface area contributed by atoms with Gasteiger partial charge in [-0.15, -0.1) is 0 Å². The van der Waals surface area contributed by atoms with Crippen molar-refractivity contribution in [3.05, 3.63) is 65.7 Å². The van der Waals surface area contributed by atoms with E-state index in [1.807, 2.05) is 12.1 Å². The van der Waals surface area contributed by atoms with Gasteiger partial charge in [0, 0.05) is 18.1 Å². The monoisotopic (exact) mass is 356 g/mol. The van der Waals surface area contributed by atoms with Crippen LogP contribution in [0.3, 0.4) is 0 Å². The van der Waals surface area contributed by atoms with Gasteiger partial charge in [-0.3, -0.25) is 0 Å². The van der Waals surface area contributed by atoms with E-state index in [2.05, 4.69) is 76.3 Å². The van der Waals surface area contributed by atoms with Gasteiger partial charge in [0.2, 0.25) is 0 Å². The zero-order chi connectivity index (χ0) is 18.5. The van der Waals surface area contributed by atoms with E-state index in [0.717, 1.165) is 18.8 Å². The zero-order valence-electron chi connectivity index (χ0n) is 16.5. The lowest BCUT2D eigenvalue weighted by Gasteiger charge is -2.36. The second-order valence-corrected chi connectivity index (χ2v) is 12.9. The molecule has 0 saturated heterocycles. The molecule has 1 atom stereocenters. The number of para-hydroxylation sites is 1. The minimum absolute atomic E-state index is 0.236. The lowest BCUT2D eigenvalue weighted by molar-refractivity contribution is 0.275. The molecule has 0 N–H and O–H groups in total. The van der Waals surface area contributed by atoms with Crippen molar-refractivity contribution < 1.29 is 9.16 Å². The first kappa shape index (κ1) is 19.7. The van der Waals surface area contributed by atoms with Crippen LogP contribution < -0.4 is 4.74 Å². The molecule has 2 rings (SSSR count). The maximum absolute atomic E-state index is 6.44. The van der Waals surface area contributed by atoms with E-state index in [-0.39, 0.29) is 11.0 Å². The van der Waals surface area contributed by atoms with E-state index >= 15 is 0 Å². The van der Waals surface area contributed by atoms with Gasteiger partial charge in [-0.25, -0.2) is 0 Å². The summed E-state index contributed by atoms with van der Waals surface area (Å²) in [5.74, 6) is 1.23. The first-order valence-corrected chi connectivity index (χ1v) is 12.0. The summed E-state index contributed by atoms with van der Waals surface area (Å²) in [6, 6.07) is 19.0. The van der Waals surface area contributed by atoms with Crippen LogP contribution in [0.25, 0.3) is 0 Å². The van der Waals surface area contributed by atoms with Crippen molar-refractivity contribution >= 4 is 8.32 Å². The van der Waals surface area contributed by atoms with Crippen molar-refractivity contribution in [1.82, 2.24) is 0 Å². The Morgan fingerprint density at radius 1 is 0.920 bits per heavy atom. The third-order valence-electron chi connectivity index (χ3n) is 5.39. The van der Waals surface area contributed by atoms with Crippen LogP contribution in [0.2, 0.25) is 18.1 Å². The fourth-order valence-electron chi connectivity index (χ4n) is 2.79. The smallest absolute Gasteiger partial charge is 0.191 e. The van der Waals surface area contributed by atoms with Crippen LogP contribution in [0, 0.1) is 0 Å².